The van der Waals surface area contributed by atoms with Crippen molar-refractivity contribution in [3.05, 3.63) is 88.5 Å². The van der Waals surface area contributed by atoms with Crippen LogP contribution < -0.4 is 30.1 Å². The average molecular weight is 987 g/mol. The summed E-state index contributed by atoms with van der Waals surface area (Å²) in [5.41, 5.74) is 3.22. The maximum absolute atomic E-state index is 13.5. The standard InChI is InChI=1S/C54H72ClN13O3/c1-7-39-33-61-68-46(27-47(62-48(39)68)67-20-9-8-10-42(67)19-25-69)58-30-38-11-14-45(57-29-38)64(6)34-36-15-21-65(22-16-36)35-37-17-23-66(24-18-37)52-59-31-41(32-60-52)49(70)63-50-53(2,3)51(54(50,4)5)71-43-13-12-40(28-56)44(55)26-43/h11-14,26-27,29,31-33,36-37,42,50-51,58,69H,7-10,15-25,30,34-35H2,1-6H3,(H,63,70)/t42-,50-,51-/m0/s1. The summed E-state index contributed by atoms with van der Waals surface area (Å²) in [6.45, 7) is 18.4. The number of likely N-dealkylation sites (tertiary alicyclic amines) is 1. The van der Waals surface area contributed by atoms with E-state index in [-0.39, 0.29) is 35.5 Å². The third-order valence-corrected chi connectivity index (χ3v) is 16.3. The van der Waals surface area contributed by atoms with Gasteiger partial charge in [0, 0.05) is 112 Å². The highest BCUT2D eigenvalue weighted by molar-refractivity contribution is 6.31. The van der Waals surface area contributed by atoms with E-state index in [1.807, 2.05) is 16.9 Å². The first-order valence-corrected chi connectivity index (χ1v) is 26.2. The Labute approximate surface area is 424 Å². The largest absolute Gasteiger partial charge is 0.489 e. The van der Waals surface area contributed by atoms with Gasteiger partial charge in [-0.05, 0) is 106 Å². The number of halogens is 1. The van der Waals surface area contributed by atoms with Gasteiger partial charge in [-0.1, -0.05) is 52.3 Å². The first kappa shape index (κ1) is 50.2. The number of nitrogens with one attached hydrogen (secondary N) is 2. The molecule has 1 amide bonds. The highest BCUT2D eigenvalue weighted by Crippen LogP contribution is 2.55. The number of benzene rings is 1. The molecule has 4 aliphatic rings. The number of pyridine rings is 1. The minimum absolute atomic E-state index is 0.154. The molecule has 1 aromatic carbocycles. The number of aromatic nitrogens is 6. The second-order valence-electron chi connectivity index (χ2n) is 21.6. The fourth-order valence-corrected chi connectivity index (χ4v) is 12.3. The lowest BCUT2D eigenvalue weighted by molar-refractivity contribution is -0.164. The van der Waals surface area contributed by atoms with Gasteiger partial charge in [-0.25, -0.2) is 19.9 Å². The van der Waals surface area contributed by atoms with Gasteiger partial charge in [0.05, 0.1) is 22.3 Å². The highest BCUT2D eigenvalue weighted by Gasteiger charge is 2.64. The van der Waals surface area contributed by atoms with Gasteiger partial charge in [-0.3, -0.25) is 4.79 Å². The van der Waals surface area contributed by atoms with E-state index in [1.165, 1.54) is 19.3 Å². The number of fused-ring (bicyclic) bond motifs is 1. The molecule has 378 valence electrons. The summed E-state index contributed by atoms with van der Waals surface area (Å²) < 4.78 is 8.31. The number of anilines is 4. The summed E-state index contributed by atoms with van der Waals surface area (Å²) in [7, 11) is 2.16. The van der Waals surface area contributed by atoms with Crippen LogP contribution in [0.2, 0.25) is 5.02 Å². The molecule has 0 radical (unpaired) electrons. The Balaban J connectivity index is 0.696. The van der Waals surface area contributed by atoms with Crippen molar-refractivity contribution in [3.8, 4) is 11.8 Å². The molecule has 0 spiro atoms. The minimum Gasteiger partial charge on any atom is -0.489 e. The Hall–Kier alpha value is -5.76. The molecule has 4 aromatic heterocycles. The van der Waals surface area contributed by atoms with Crippen LogP contribution in [0.4, 0.5) is 23.4 Å². The number of aryl methyl sites for hydroxylation is 1. The minimum atomic E-state index is -0.369. The zero-order chi connectivity index (χ0) is 49.9. The number of hydrogen-bond acceptors (Lipinski definition) is 14. The van der Waals surface area contributed by atoms with Gasteiger partial charge in [0.15, 0.2) is 5.65 Å². The molecule has 1 saturated carbocycles. The second kappa shape index (κ2) is 21.5. The average Bonchev–Trinajstić information content (AvgIpc) is 3.81. The smallest absolute Gasteiger partial charge is 0.254 e. The molecule has 0 bridgehead atoms. The molecule has 17 heteroatoms. The summed E-state index contributed by atoms with van der Waals surface area (Å²) in [5.74, 6) is 5.19. The molecule has 7 heterocycles. The van der Waals surface area contributed by atoms with Crippen molar-refractivity contribution in [3.63, 3.8) is 0 Å². The monoisotopic (exact) mass is 986 g/mol. The van der Waals surface area contributed by atoms with Gasteiger partial charge < -0.3 is 40.1 Å². The normalized spacial score (nSPS) is 21.6. The molecule has 3 N–H and O–H groups in total. The Bertz CT molecular complexity index is 2640. The Kier molecular flexibility index (Phi) is 15.2. The van der Waals surface area contributed by atoms with E-state index < -0.39 is 0 Å². The molecule has 1 aliphatic carbocycles. The van der Waals surface area contributed by atoms with Crippen molar-refractivity contribution in [1.82, 2.24) is 39.8 Å². The lowest BCUT2D eigenvalue weighted by atomic mass is 9.49. The number of aliphatic hydroxyl groups is 1. The first-order chi connectivity index (χ1) is 34.2. The number of hydrogen-bond donors (Lipinski definition) is 3. The van der Waals surface area contributed by atoms with Crippen LogP contribution in [0.1, 0.15) is 113 Å². The number of amides is 1. The van der Waals surface area contributed by atoms with Crippen molar-refractivity contribution in [2.45, 2.75) is 117 Å². The summed E-state index contributed by atoms with van der Waals surface area (Å²) in [4.78, 5) is 42.4. The van der Waals surface area contributed by atoms with Gasteiger partial charge in [-0.2, -0.15) is 14.9 Å². The van der Waals surface area contributed by atoms with Gasteiger partial charge >= 0.3 is 0 Å². The molecule has 3 aliphatic heterocycles. The number of carbonyl (C=O) groups excluding carboxylic acids is 1. The highest BCUT2D eigenvalue weighted by atomic mass is 35.5. The van der Waals surface area contributed by atoms with E-state index in [0.29, 0.717) is 52.3 Å². The zero-order valence-electron chi connectivity index (χ0n) is 42.4. The van der Waals surface area contributed by atoms with Crippen molar-refractivity contribution in [1.29, 1.82) is 5.26 Å². The summed E-state index contributed by atoms with van der Waals surface area (Å²) in [6.07, 6.45) is 16.6. The van der Waals surface area contributed by atoms with E-state index in [4.69, 9.17) is 31.4 Å². The van der Waals surface area contributed by atoms with E-state index in [9.17, 15) is 15.2 Å². The Morgan fingerprint density at radius 1 is 0.930 bits per heavy atom. The van der Waals surface area contributed by atoms with Crippen LogP contribution in [0, 0.1) is 34.0 Å². The van der Waals surface area contributed by atoms with Crippen LogP contribution in [0.3, 0.4) is 0 Å². The Morgan fingerprint density at radius 2 is 1.68 bits per heavy atom. The lowest BCUT2D eigenvalue weighted by Gasteiger charge is -2.63. The number of carbonyl (C=O) groups is 1. The van der Waals surface area contributed by atoms with Crippen LogP contribution in [0.15, 0.2) is 61.2 Å². The van der Waals surface area contributed by atoms with Crippen molar-refractivity contribution >= 4 is 46.6 Å². The maximum Gasteiger partial charge on any atom is 0.254 e. The quantitative estimate of drug-likeness (QED) is 0.0816. The predicted molar refractivity (Wildman–Crippen MR) is 279 cm³/mol. The van der Waals surface area contributed by atoms with Crippen LogP contribution in [-0.2, 0) is 13.0 Å². The number of nitriles is 1. The third-order valence-electron chi connectivity index (χ3n) is 16.0. The van der Waals surface area contributed by atoms with E-state index in [1.54, 1.807) is 30.6 Å². The van der Waals surface area contributed by atoms with Crippen molar-refractivity contribution in [2.24, 2.45) is 22.7 Å². The maximum atomic E-state index is 13.5. The van der Waals surface area contributed by atoms with Gasteiger partial charge in [0.25, 0.3) is 5.91 Å². The molecule has 9 rings (SSSR count). The predicted octanol–water partition coefficient (Wildman–Crippen LogP) is 8.03. The summed E-state index contributed by atoms with van der Waals surface area (Å²) in [6, 6.07) is 13.8. The zero-order valence-corrected chi connectivity index (χ0v) is 43.2. The second-order valence-corrected chi connectivity index (χ2v) is 22.0. The van der Waals surface area contributed by atoms with Gasteiger partial charge in [0.1, 0.15) is 35.4 Å². The molecular formula is C54H72ClN13O3. The van der Waals surface area contributed by atoms with Crippen LogP contribution >= 0.6 is 11.6 Å². The summed E-state index contributed by atoms with van der Waals surface area (Å²) >= 11 is 6.27. The lowest BCUT2D eigenvalue weighted by Crippen LogP contribution is -2.74. The van der Waals surface area contributed by atoms with Crippen molar-refractivity contribution < 1.29 is 14.6 Å². The fraction of sp³-hybridized carbons (Fsp3) is 0.574. The molecule has 5 aromatic rings. The SMILES string of the molecule is CCc1cnn2c(NCc3ccc(N(C)CC4CCN(CC5CCN(c6ncc(C(=O)N[C@H]7C(C)(C)[C@H](Oc8ccc(C#N)c(Cl)c8)C7(C)C)cn6)CC5)CC4)nc3)cc(N3CCCC[C@H]3CCO)nc12. The van der Waals surface area contributed by atoms with E-state index in [0.717, 1.165) is 119 Å². The van der Waals surface area contributed by atoms with Gasteiger partial charge in [0.2, 0.25) is 5.95 Å². The van der Waals surface area contributed by atoms with Crippen LogP contribution in [-0.4, -0.2) is 123 Å². The number of ether oxygens (including phenoxy) is 1. The van der Waals surface area contributed by atoms with E-state index in [2.05, 4.69) is 106 Å². The molecule has 4 fully saturated rings. The van der Waals surface area contributed by atoms with Crippen molar-refractivity contribution in [2.75, 3.05) is 79.5 Å². The summed E-state index contributed by atoms with van der Waals surface area (Å²) in [5, 5.41) is 31.0. The molecule has 3 saturated heterocycles. The van der Waals surface area contributed by atoms with Crippen LogP contribution in [0.5, 0.6) is 5.75 Å². The van der Waals surface area contributed by atoms with Gasteiger partial charge in [-0.15, -0.1) is 0 Å². The molecular weight excluding hydrogens is 914 g/mol. The number of piperidine rings is 3. The Morgan fingerprint density at radius 3 is 2.35 bits per heavy atom. The fourth-order valence-electron chi connectivity index (χ4n) is 12.1. The van der Waals surface area contributed by atoms with E-state index >= 15 is 0 Å². The molecule has 71 heavy (non-hydrogen) atoms. The topological polar surface area (TPSA) is 176 Å². The number of nitrogens with zero attached hydrogens (tertiary/aromatic N) is 11. The number of rotatable bonds is 17. The molecule has 1 atom stereocenters. The number of aliphatic hydroxyl groups excluding tert-OH is 1. The molecule has 16 nitrogen and oxygen atoms in total. The first-order valence-electron chi connectivity index (χ1n) is 25.9. The third kappa shape index (κ3) is 10.9. The van der Waals surface area contributed by atoms with Crippen LogP contribution in [0.25, 0.3) is 5.65 Å². The molecule has 0 unspecified atom stereocenters.